The van der Waals surface area contributed by atoms with Gasteiger partial charge in [0.05, 0.1) is 5.69 Å². The molecule has 0 saturated heterocycles. The van der Waals surface area contributed by atoms with Crippen LogP contribution in [-0.2, 0) is 20.8 Å². The fourth-order valence-electron chi connectivity index (χ4n) is 3.06. The third-order valence-corrected chi connectivity index (χ3v) is 4.18. The summed E-state index contributed by atoms with van der Waals surface area (Å²) in [5.41, 5.74) is 8.18. The largest absolute Gasteiger partial charge is 0.399 e. The molecule has 0 spiro atoms. The summed E-state index contributed by atoms with van der Waals surface area (Å²) in [5.74, 6) is -2.13. The van der Waals surface area contributed by atoms with Crippen LogP contribution in [0.25, 0.3) is 0 Å². The molecule has 0 unspecified atom stereocenters. The maximum Gasteiger partial charge on any atom is 0.323 e. The zero-order valence-electron chi connectivity index (χ0n) is 13.9. The Hall–Kier alpha value is -3.15. The third-order valence-electron chi connectivity index (χ3n) is 4.18. The van der Waals surface area contributed by atoms with Crippen LogP contribution >= 0.6 is 0 Å². The minimum absolute atomic E-state index is 0.288. The van der Waals surface area contributed by atoms with E-state index in [1.807, 2.05) is 24.3 Å². The van der Waals surface area contributed by atoms with Crippen molar-refractivity contribution in [2.45, 2.75) is 19.8 Å². The van der Waals surface area contributed by atoms with Gasteiger partial charge in [-0.05, 0) is 42.7 Å². The summed E-state index contributed by atoms with van der Waals surface area (Å²) in [6.07, 6.45) is 1.63. The van der Waals surface area contributed by atoms with Crippen LogP contribution in [0.4, 0.5) is 17.1 Å². The summed E-state index contributed by atoms with van der Waals surface area (Å²) >= 11 is 0. The van der Waals surface area contributed by atoms with E-state index in [2.05, 4.69) is 0 Å². The summed E-state index contributed by atoms with van der Waals surface area (Å²) in [7, 11) is 0. The van der Waals surface area contributed by atoms with Crippen molar-refractivity contribution in [3.63, 3.8) is 0 Å². The van der Waals surface area contributed by atoms with Crippen LogP contribution in [0.15, 0.2) is 48.5 Å². The molecule has 2 aromatic carbocycles. The van der Waals surface area contributed by atoms with Crippen molar-refractivity contribution in [2.24, 2.45) is 0 Å². The fraction of sp³-hybridized carbons (Fsp3) is 0.211. The van der Waals surface area contributed by atoms with E-state index in [4.69, 9.17) is 5.73 Å². The van der Waals surface area contributed by atoms with Crippen LogP contribution in [0.5, 0.6) is 0 Å². The van der Waals surface area contributed by atoms with Gasteiger partial charge in [-0.25, -0.2) is 4.90 Å². The van der Waals surface area contributed by atoms with Gasteiger partial charge in [0.2, 0.25) is 5.91 Å². The Kier molecular flexibility index (Phi) is 4.52. The van der Waals surface area contributed by atoms with Gasteiger partial charge in [-0.3, -0.25) is 14.4 Å². The Bertz CT molecular complexity index is 847. The first-order valence-corrected chi connectivity index (χ1v) is 8.09. The van der Waals surface area contributed by atoms with Crippen LogP contribution in [0.3, 0.4) is 0 Å². The molecular formula is C19H19N3O3. The van der Waals surface area contributed by atoms with Crippen molar-refractivity contribution in [3.8, 4) is 0 Å². The summed E-state index contributed by atoms with van der Waals surface area (Å²) in [5, 5.41) is 0. The van der Waals surface area contributed by atoms with Crippen LogP contribution in [0.2, 0.25) is 0 Å². The molecule has 0 bridgehead atoms. The van der Waals surface area contributed by atoms with E-state index in [0.717, 1.165) is 29.0 Å². The minimum atomic E-state index is -0.880. The van der Waals surface area contributed by atoms with Crippen molar-refractivity contribution in [2.75, 3.05) is 22.1 Å². The molecule has 0 saturated carbocycles. The predicted molar refractivity (Wildman–Crippen MR) is 96.1 cm³/mol. The number of nitrogen functional groups attached to an aromatic ring is 1. The fourth-order valence-corrected chi connectivity index (χ4v) is 3.06. The molecule has 0 aliphatic carbocycles. The van der Waals surface area contributed by atoms with E-state index in [9.17, 15) is 14.4 Å². The summed E-state index contributed by atoms with van der Waals surface area (Å²) in [6.45, 7) is 1.70. The third kappa shape index (κ3) is 3.24. The van der Waals surface area contributed by atoms with Gasteiger partial charge in [-0.15, -0.1) is 0 Å². The number of carbonyl (C=O) groups excluding carboxylic acids is 3. The average molecular weight is 337 g/mol. The number of aryl methyl sites for hydroxylation is 1. The molecule has 25 heavy (non-hydrogen) atoms. The summed E-state index contributed by atoms with van der Waals surface area (Å²) in [6, 6.07) is 13.9. The molecule has 2 aromatic rings. The monoisotopic (exact) mass is 337 g/mol. The molecule has 6 heteroatoms. The Balaban J connectivity index is 1.93. The highest BCUT2D eigenvalue weighted by Gasteiger charge is 2.33. The molecule has 0 radical (unpaired) electrons. The van der Waals surface area contributed by atoms with E-state index in [1.54, 1.807) is 18.2 Å². The number of fused-ring (bicyclic) bond motifs is 1. The molecule has 0 aromatic heterocycles. The Morgan fingerprint density at radius 1 is 1.08 bits per heavy atom. The van der Waals surface area contributed by atoms with Gasteiger partial charge in [-0.1, -0.05) is 24.3 Å². The average Bonchev–Trinajstić information content (AvgIpc) is 2.60. The molecule has 1 heterocycles. The smallest absolute Gasteiger partial charge is 0.323 e. The second-order valence-corrected chi connectivity index (χ2v) is 5.94. The number of anilines is 3. The Morgan fingerprint density at radius 3 is 2.56 bits per heavy atom. The highest BCUT2D eigenvalue weighted by Crippen LogP contribution is 2.27. The second-order valence-electron chi connectivity index (χ2n) is 5.94. The van der Waals surface area contributed by atoms with Gasteiger partial charge in [-0.2, -0.15) is 0 Å². The van der Waals surface area contributed by atoms with Crippen molar-refractivity contribution in [1.82, 2.24) is 0 Å². The predicted octanol–water partition coefficient (Wildman–Crippen LogP) is 2.13. The Labute approximate surface area is 145 Å². The normalized spacial score (nSPS) is 13.1. The van der Waals surface area contributed by atoms with Crippen molar-refractivity contribution in [3.05, 3.63) is 54.1 Å². The molecule has 0 fully saturated rings. The number of amides is 3. The molecular weight excluding hydrogens is 318 g/mol. The van der Waals surface area contributed by atoms with Crippen molar-refractivity contribution < 1.29 is 14.4 Å². The minimum Gasteiger partial charge on any atom is -0.399 e. The number of nitrogens with two attached hydrogens (primary N) is 1. The lowest BCUT2D eigenvalue weighted by molar-refractivity contribution is -0.138. The van der Waals surface area contributed by atoms with Crippen LogP contribution in [0, 0.1) is 0 Å². The highest BCUT2D eigenvalue weighted by atomic mass is 16.2. The number of para-hydroxylation sites is 1. The lowest BCUT2D eigenvalue weighted by Crippen LogP contribution is -2.49. The highest BCUT2D eigenvalue weighted by molar-refractivity contribution is 6.49. The lowest BCUT2D eigenvalue weighted by atomic mass is 10.0. The standard InChI is InChI=1S/C19H19N3O3/c1-13(23)22(16-9-4-8-15(20)12-16)19(25)18(24)21-11-5-7-14-6-2-3-10-17(14)21/h2-4,6,8-10,12H,5,7,11,20H2,1H3. The Morgan fingerprint density at radius 2 is 1.84 bits per heavy atom. The molecule has 3 amide bonds. The SMILES string of the molecule is CC(=O)N(C(=O)C(=O)N1CCCc2ccccc21)c1cccc(N)c1. The number of nitrogens with zero attached hydrogens (tertiary/aromatic N) is 2. The molecule has 128 valence electrons. The van der Waals surface area contributed by atoms with Crippen molar-refractivity contribution in [1.29, 1.82) is 0 Å². The molecule has 6 nitrogen and oxygen atoms in total. The maximum absolute atomic E-state index is 12.8. The van der Waals surface area contributed by atoms with Gasteiger partial charge in [0.15, 0.2) is 0 Å². The molecule has 3 rings (SSSR count). The van der Waals surface area contributed by atoms with Gasteiger partial charge < -0.3 is 10.6 Å². The zero-order chi connectivity index (χ0) is 18.0. The van der Waals surface area contributed by atoms with E-state index in [1.165, 1.54) is 17.9 Å². The van der Waals surface area contributed by atoms with Crippen LogP contribution in [0.1, 0.15) is 18.9 Å². The number of imide groups is 1. The number of rotatable bonds is 1. The van der Waals surface area contributed by atoms with E-state index < -0.39 is 17.7 Å². The van der Waals surface area contributed by atoms with Gasteiger partial charge in [0.1, 0.15) is 0 Å². The molecule has 2 N–H and O–H groups in total. The van der Waals surface area contributed by atoms with Crippen LogP contribution < -0.4 is 15.5 Å². The zero-order valence-corrected chi connectivity index (χ0v) is 13.9. The molecule has 1 aliphatic heterocycles. The van der Waals surface area contributed by atoms with Gasteiger partial charge >= 0.3 is 11.8 Å². The van der Waals surface area contributed by atoms with Crippen molar-refractivity contribution >= 4 is 34.8 Å². The van der Waals surface area contributed by atoms with E-state index in [0.29, 0.717) is 12.2 Å². The molecule has 0 atom stereocenters. The number of hydrogen-bond donors (Lipinski definition) is 1. The first kappa shape index (κ1) is 16.7. The van der Waals surface area contributed by atoms with E-state index in [-0.39, 0.29) is 5.69 Å². The first-order valence-electron chi connectivity index (χ1n) is 8.09. The first-order chi connectivity index (χ1) is 12.0. The topological polar surface area (TPSA) is 83.7 Å². The number of benzene rings is 2. The van der Waals surface area contributed by atoms with E-state index >= 15 is 0 Å². The summed E-state index contributed by atoms with van der Waals surface area (Å²) < 4.78 is 0. The second kappa shape index (κ2) is 6.76. The quantitative estimate of drug-likeness (QED) is 0.638. The van der Waals surface area contributed by atoms with Gasteiger partial charge in [0.25, 0.3) is 0 Å². The maximum atomic E-state index is 12.8. The summed E-state index contributed by atoms with van der Waals surface area (Å²) in [4.78, 5) is 39.9. The molecule has 1 aliphatic rings. The lowest BCUT2D eigenvalue weighted by Gasteiger charge is -2.30. The number of carbonyl (C=O) groups is 3. The van der Waals surface area contributed by atoms with Crippen LogP contribution in [-0.4, -0.2) is 24.3 Å². The number of hydrogen-bond acceptors (Lipinski definition) is 4. The van der Waals surface area contributed by atoms with Gasteiger partial charge in [0, 0.05) is 24.8 Å².